The third-order valence-corrected chi connectivity index (χ3v) is 5.83. The fourth-order valence-corrected chi connectivity index (χ4v) is 3.99. The minimum atomic E-state index is -4.13. The zero-order chi connectivity index (χ0) is 23.9. The number of benzene rings is 2. The van der Waals surface area contributed by atoms with Crippen molar-refractivity contribution in [2.24, 2.45) is 11.7 Å². The van der Waals surface area contributed by atoms with E-state index in [0.717, 1.165) is 0 Å². The third kappa shape index (κ3) is 7.29. The Morgan fingerprint density at radius 3 is 2.38 bits per heavy atom. The Bertz CT molecular complexity index is 1090. The van der Waals surface area contributed by atoms with E-state index in [1.807, 2.05) is 18.6 Å². The molecule has 2 rings (SSSR count). The molecule has 5 N–H and O–H groups in total. The van der Waals surface area contributed by atoms with Crippen LogP contribution in [0.3, 0.4) is 0 Å². The molecule has 2 aromatic carbocycles. The highest BCUT2D eigenvalue weighted by molar-refractivity contribution is 7.90. The van der Waals surface area contributed by atoms with Gasteiger partial charge in [0.05, 0.1) is 18.0 Å². The molecule has 0 heterocycles. The van der Waals surface area contributed by atoms with Gasteiger partial charge in [0.25, 0.3) is 21.8 Å². The van der Waals surface area contributed by atoms with Crippen molar-refractivity contribution in [3.05, 3.63) is 54.1 Å². The number of carbonyl (C=O) groups excluding carboxylic acids is 2. The summed E-state index contributed by atoms with van der Waals surface area (Å²) in [5.41, 5.74) is 6.44. The second-order valence-electron chi connectivity index (χ2n) is 7.37. The molecule has 0 radical (unpaired) electrons. The van der Waals surface area contributed by atoms with Gasteiger partial charge in [-0.05, 0) is 67.0 Å². The van der Waals surface area contributed by atoms with Gasteiger partial charge in [-0.2, -0.15) is 0 Å². The van der Waals surface area contributed by atoms with Crippen molar-refractivity contribution in [1.82, 2.24) is 10.0 Å². The maximum absolute atomic E-state index is 12.6. The van der Waals surface area contributed by atoms with Crippen LogP contribution in [0, 0.1) is 5.92 Å². The van der Waals surface area contributed by atoms with Crippen molar-refractivity contribution < 1.29 is 22.7 Å². The number of hydrogen-bond donors (Lipinski definition) is 4. The average Bonchev–Trinajstić information content (AvgIpc) is 2.73. The summed E-state index contributed by atoms with van der Waals surface area (Å²) in [5.74, 6) is -0.475. The lowest BCUT2D eigenvalue weighted by atomic mass is 10.0. The van der Waals surface area contributed by atoms with Crippen LogP contribution < -0.4 is 25.8 Å². The molecular formula is C21H26N4O5S2. The van der Waals surface area contributed by atoms with Gasteiger partial charge in [0, 0.05) is 11.3 Å². The van der Waals surface area contributed by atoms with Crippen LogP contribution in [0.4, 0.5) is 5.69 Å². The highest BCUT2D eigenvalue weighted by atomic mass is 32.2. The van der Waals surface area contributed by atoms with E-state index in [0.29, 0.717) is 23.4 Å². The van der Waals surface area contributed by atoms with Crippen LogP contribution in [0.5, 0.6) is 5.75 Å². The summed E-state index contributed by atoms with van der Waals surface area (Å²) in [6.07, 6.45) is 0.352. The molecular weight excluding hydrogens is 452 g/mol. The smallest absolute Gasteiger partial charge is 0.264 e. The maximum Gasteiger partial charge on any atom is 0.264 e. The standard InChI is InChI=1S/C21H26N4O5S2/c1-13(2)11-18(22)20(27)25-32(28,29)17-6-4-5-15(12-17)23-21(31)24-19(26)14-7-9-16(30-3)10-8-14/h4-10,12-13,18H,11,22H2,1-3H3,(H,25,27)(H2,23,24,26,31)/t18-/m0/s1. The molecule has 0 aliphatic heterocycles. The second kappa shape index (κ2) is 11.0. The first-order valence-electron chi connectivity index (χ1n) is 9.70. The number of amides is 2. The van der Waals surface area contributed by atoms with E-state index < -0.39 is 27.9 Å². The van der Waals surface area contributed by atoms with Crippen molar-refractivity contribution >= 4 is 44.9 Å². The lowest BCUT2D eigenvalue weighted by Crippen LogP contribution is -2.44. The first kappa shape index (κ1) is 25.2. The fraction of sp³-hybridized carbons (Fsp3) is 0.286. The summed E-state index contributed by atoms with van der Waals surface area (Å²) < 4.78 is 32.2. The molecule has 0 spiro atoms. The molecule has 11 heteroatoms. The lowest BCUT2D eigenvalue weighted by Gasteiger charge is -2.15. The molecule has 0 saturated carbocycles. The number of nitrogens with two attached hydrogens (primary N) is 1. The van der Waals surface area contributed by atoms with Crippen LogP contribution in [0.2, 0.25) is 0 Å². The molecule has 2 amide bonds. The topological polar surface area (TPSA) is 140 Å². The number of rotatable bonds is 8. The van der Waals surface area contributed by atoms with Gasteiger partial charge in [-0.3, -0.25) is 14.9 Å². The normalized spacial score (nSPS) is 12.0. The lowest BCUT2D eigenvalue weighted by molar-refractivity contribution is -0.120. The van der Waals surface area contributed by atoms with Gasteiger partial charge >= 0.3 is 0 Å². The van der Waals surface area contributed by atoms with E-state index in [1.165, 1.54) is 25.3 Å². The number of sulfonamides is 1. The van der Waals surface area contributed by atoms with Crippen LogP contribution in [-0.4, -0.2) is 38.5 Å². The summed E-state index contributed by atoms with van der Waals surface area (Å²) in [7, 11) is -2.61. The van der Waals surface area contributed by atoms with Crippen LogP contribution >= 0.6 is 12.2 Å². The minimum absolute atomic E-state index is 0.0247. The Morgan fingerprint density at radius 1 is 1.12 bits per heavy atom. The minimum Gasteiger partial charge on any atom is -0.497 e. The van der Waals surface area contributed by atoms with Gasteiger partial charge in [0.1, 0.15) is 5.75 Å². The molecule has 172 valence electrons. The number of ether oxygens (including phenoxy) is 1. The molecule has 0 bridgehead atoms. The van der Waals surface area contributed by atoms with Crippen molar-refractivity contribution in [3.8, 4) is 5.75 Å². The molecule has 1 atom stereocenters. The Morgan fingerprint density at radius 2 is 1.78 bits per heavy atom. The second-order valence-corrected chi connectivity index (χ2v) is 9.46. The van der Waals surface area contributed by atoms with E-state index in [2.05, 4.69) is 10.6 Å². The molecule has 9 nitrogen and oxygen atoms in total. The van der Waals surface area contributed by atoms with Crippen molar-refractivity contribution in [2.75, 3.05) is 12.4 Å². The van der Waals surface area contributed by atoms with E-state index in [4.69, 9.17) is 22.7 Å². The fourth-order valence-electron chi connectivity index (χ4n) is 2.70. The number of nitrogens with one attached hydrogen (secondary N) is 3. The van der Waals surface area contributed by atoms with Crippen molar-refractivity contribution in [2.45, 2.75) is 31.2 Å². The molecule has 0 aromatic heterocycles. The zero-order valence-corrected chi connectivity index (χ0v) is 19.5. The van der Waals surface area contributed by atoms with E-state index in [1.54, 1.807) is 30.3 Å². The van der Waals surface area contributed by atoms with Crippen LogP contribution in [0.1, 0.15) is 30.6 Å². The average molecular weight is 479 g/mol. The van der Waals surface area contributed by atoms with Gasteiger partial charge in [-0.1, -0.05) is 19.9 Å². The predicted molar refractivity (Wildman–Crippen MR) is 126 cm³/mol. The summed E-state index contributed by atoms with van der Waals surface area (Å²) in [6, 6.07) is 11.2. The predicted octanol–water partition coefficient (Wildman–Crippen LogP) is 2.00. The van der Waals surface area contributed by atoms with E-state index in [9.17, 15) is 18.0 Å². The number of thiocarbonyl (C=S) groups is 1. The van der Waals surface area contributed by atoms with Crippen LogP contribution in [-0.2, 0) is 14.8 Å². The maximum atomic E-state index is 12.6. The summed E-state index contributed by atoms with van der Waals surface area (Å²) >= 11 is 5.14. The van der Waals surface area contributed by atoms with E-state index in [-0.39, 0.29) is 15.9 Å². The summed E-state index contributed by atoms with van der Waals surface area (Å²) in [6.45, 7) is 3.76. The first-order chi connectivity index (χ1) is 15.0. The van der Waals surface area contributed by atoms with Gasteiger partial charge < -0.3 is 15.8 Å². The molecule has 0 saturated heterocycles. The molecule has 0 aliphatic rings. The Labute approximate surface area is 192 Å². The molecule has 32 heavy (non-hydrogen) atoms. The van der Waals surface area contributed by atoms with Gasteiger partial charge in [-0.15, -0.1) is 0 Å². The summed E-state index contributed by atoms with van der Waals surface area (Å²) in [5, 5.41) is 5.24. The number of hydrogen-bond acceptors (Lipinski definition) is 7. The highest BCUT2D eigenvalue weighted by Gasteiger charge is 2.23. The number of anilines is 1. The number of carbonyl (C=O) groups is 2. The van der Waals surface area contributed by atoms with Gasteiger partial charge in [0.2, 0.25) is 0 Å². The van der Waals surface area contributed by atoms with Crippen LogP contribution in [0.25, 0.3) is 0 Å². The van der Waals surface area contributed by atoms with Crippen molar-refractivity contribution in [3.63, 3.8) is 0 Å². The Kier molecular flexibility index (Phi) is 8.70. The Hall–Kier alpha value is -3.02. The largest absolute Gasteiger partial charge is 0.497 e. The molecule has 0 aliphatic carbocycles. The molecule has 0 fully saturated rings. The third-order valence-electron chi connectivity index (χ3n) is 4.28. The van der Waals surface area contributed by atoms with Gasteiger partial charge in [-0.25, -0.2) is 13.1 Å². The summed E-state index contributed by atoms with van der Waals surface area (Å²) in [4.78, 5) is 24.3. The quantitative estimate of drug-likeness (QED) is 0.423. The molecule has 2 aromatic rings. The van der Waals surface area contributed by atoms with Gasteiger partial charge in [0.15, 0.2) is 5.11 Å². The Balaban J connectivity index is 2.04. The molecule has 0 unspecified atom stereocenters. The zero-order valence-electron chi connectivity index (χ0n) is 17.9. The monoisotopic (exact) mass is 478 g/mol. The highest BCUT2D eigenvalue weighted by Crippen LogP contribution is 2.16. The SMILES string of the molecule is COc1ccc(C(=O)NC(=S)Nc2cccc(S(=O)(=O)NC(=O)[C@@H](N)CC(C)C)c2)cc1. The van der Waals surface area contributed by atoms with Crippen molar-refractivity contribution in [1.29, 1.82) is 0 Å². The number of methoxy groups -OCH3 is 1. The van der Waals surface area contributed by atoms with Crippen LogP contribution in [0.15, 0.2) is 53.4 Å². The first-order valence-corrected chi connectivity index (χ1v) is 11.6. The van der Waals surface area contributed by atoms with E-state index >= 15 is 0 Å².